The first-order valence-corrected chi connectivity index (χ1v) is 10.6. The third kappa shape index (κ3) is 7.21. The Morgan fingerprint density at radius 1 is 1.39 bits per heavy atom. The minimum atomic E-state index is -0.0680. The quantitative estimate of drug-likeness (QED) is 0.310. The summed E-state index contributed by atoms with van der Waals surface area (Å²) in [6, 6.07) is 8.65. The highest BCUT2D eigenvalue weighted by Crippen LogP contribution is 2.26. The highest BCUT2D eigenvalue weighted by molar-refractivity contribution is 14.0. The maximum atomic E-state index is 12.2. The van der Waals surface area contributed by atoms with E-state index >= 15 is 0 Å². The molecule has 5 nitrogen and oxygen atoms in total. The highest BCUT2D eigenvalue weighted by Gasteiger charge is 2.28. The molecule has 1 fully saturated rings. The minimum Gasteiger partial charge on any atom is -0.357 e. The molecule has 1 aromatic rings. The Kier molecular flexibility index (Phi) is 10.2. The largest absolute Gasteiger partial charge is 0.357 e. The Labute approximate surface area is 195 Å². The molecule has 2 rings (SSSR count). The Hall–Kier alpha value is -0.830. The van der Waals surface area contributed by atoms with Crippen LogP contribution in [0.5, 0.6) is 0 Å². The van der Waals surface area contributed by atoms with Crippen molar-refractivity contribution in [3.05, 3.63) is 34.3 Å². The molecule has 1 aromatic carbocycles. The van der Waals surface area contributed by atoms with Crippen LogP contribution < -0.4 is 10.6 Å². The van der Waals surface area contributed by atoms with Crippen LogP contribution in [0.25, 0.3) is 0 Å². The molecule has 1 atom stereocenters. The molecule has 0 aliphatic carbocycles. The van der Waals surface area contributed by atoms with E-state index in [1.54, 1.807) is 0 Å². The van der Waals surface area contributed by atoms with Gasteiger partial charge in [-0.2, -0.15) is 0 Å². The summed E-state index contributed by atoms with van der Waals surface area (Å²) in [7, 11) is 0. The zero-order chi connectivity index (χ0) is 20.0. The van der Waals surface area contributed by atoms with Crippen LogP contribution in [0.3, 0.4) is 0 Å². The number of carbonyl (C=O) groups is 1. The van der Waals surface area contributed by atoms with Crippen LogP contribution in [-0.4, -0.2) is 49.0 Å². The van der Waals surface area contributed by atoms with Gasteiger partial charge in [0.2, 0.25) is 5.91 Å². The average Bonchev–Trinajstić information content (AvgIpc) is 3.07. The lowest BCUT2D eigenvalue weighted by atomic mass is 9.85. The van der Waals surface area contributed by atoms with E-state index in [0.29, 0.717) is 6.54 Å². The number of amides is 1. The third-order valence-corrected chi connectivity index (χ3v) is 5.41. The zero-order valence-corrected chi connectivity index (χ0v) is 21.5. The van der Waals surface area contributed by atoms with E-state index in [9.17, 15) is 4.79 Å². The number of nitrogens with zero attached hydrogens (tertiary/aromatic N) is 2. The number of hydrogen-bond acceptors (Lipinski definition) is 2. The van der Waals surface area contributed by atoms with Gasteiger partial charge in [0, 0.05) is 41.5 Å². The summed E-state index contributed by atoms with van der Waals surface area (Å²) in [5.74, 6) is 1.11. The van der Waals surface area contributed by atoms with Crippen LogP contribution in [0.2, 0.25) is 0 Å². The van der Waals surface area contributed by atoms with Crippen LogP contribution in [0.1, 0.15) is 46.6 Å². The molecule has 1 aliphatic heterocycles. The van der Waals surface area contributed by atoms with E-state index < -0.39 is 0 Å². The van der Waals surface area contributed by atoms with Crippen molar-refractivity contribution in [2.24, 2.45) is 10.9 Å². The Bertz CT molecular complexity index is 678. The highest BCUT2D eigenvalue weighted by atomic mass is 127. The number of nitrogens with one attached hydrogen (secondary N) is 2. The number of halogens is 2. The van der Waals surface area contributed by atoms with Gasteiger partial charge in [0.25, 0.3) is 0 Å². The lowest BCUT2D eigenvalue weighted by molar-refractivity contribution is -0.133. The maximum absolute atomic E-state index is 12.2. The van der Waals surface area contributed by atoms with Crippen molar-refractivity contribution in [3.8, 4) is 0 Å². The third-order valence-electron chi connectivity index (χ3n) is 4.92. The number of carbonyl (C=O) groups excluding carboxylic acids is 1. The van der Waals surface area contributed by atoms with Gasteiger partial charge in [0.1, 0.15) is 0 Å². The number of likely N-dealkylation sites (tertiary alicyclic amines) is 1. The van der Waals surface area contributed by atoms with Gasteiger partial charge in [-0.05, 0) is 31.0 Å². The predicted molar refractivity (Wildman–Crippen MR) is 132 cm³/mol. The summed E-state index contributed by atoms with van der Waals surface area (Å²) in [6.45, 7) is 13.5. The van der Waals surface area contributed by atoms with Crippen molar-refractivity contribution in [3.63, 3.8) is 0 Å². The Balaban J connectivity index is 0.00000392. The normalized spacial score (nSPS) is 17.5. The second-order valence-corrected chi connectivity index (χ2v) is 9.07. The van der Waals surface area contributed by atoms with Crippen molar-refractivity contribution in [2.75, 3.05) is 26.2 Å². The Morgan fingerprint density at radius 2 is 2.11 bits per heavy atom. The summed E-state index contributed by atoms with van der Waals surface area (Å²) < 4.78 is 1.09. The molecule has 1 aliphatic rings. The van der Waals surface area contributed by atoms with Crippen molar-refractivity contribution < 1.29 is 4.79 Å². The summed E-state index contributed by atoms with van der Waals surface area (Å²) >= 11 is 3.55. The predicted octanol–water partition coefficient (Wildman–Crippen LogP) is 4.16. The van der Waals surface area contributed by atoms with Gasteiger partial charge in [0.15, 0.2) is 5.96 Å². The van der Waals surface area contributed by atoms with Gasteiger partial charge in [0.05, 0.1) is 6.54 Å². The minimum absolute atomic E-state index is 0. The molecule has 158 valence electrons. The molecule has 2 N–H and O–H groups in total. The van der Waals surface area contributed by atoms with Gasteiger partial charge in [-0.15, -0.1) is 24.0 Å². The molecule has 28 heavy (non-hydrogen) atoms. The molecule has 0 spiro atoms. The molecule has 1 unspecified atom stereocenters. The number of aliphatic imine (C=N–C) groups is 1. The topological polar surface area (TPSA) is 56.7 Å². The molecule has 1 saturated heterocycles. The molecule has 0 bridgehead atoms. The molecule has 1 heterocycles. The number of hydrogen-bond donors (Lipinski definition) is 2. The van der Waals surface area contributed by atoms with Gasteiger partial charge in [-0.1, -0.05) is 55.8 Å². The smallest absolute Gasteiger partial charge is 0.225 e. The molecular formula is C21H34BrIN4O. The number of rotatable bonds is 6. The Morgan fingerprint density at radius 3 is 2.71 bits per heavy atom. The number of guanidine groups is 1. The monoisotopic (exact) mass is 564 g/mol. The standard InChI is InChI=1S/C21H33BrN4O.HI/c1-6-23-20(25-18-10-11-26(13-18)19(27)15(2)3)24-14-21(4,5)16-8-7-9-17(22)12-16;/h7-9,12,15,18H,6,10-11,13-14H2,1-5H3,(H2,23,24,25);1H. The van der Waals surface area contributed by atoms with Crippen LogP contribution in [0, 0.1) is 5.92 Å². The summed E-state index contributed by atoms with van der Waals surface area (Å²) in [6.07, 6.45) is 0.956. The van der Waals surface area contributed by atoms with Gasteiger partial charge in [-0.3, -0.25) is 9.79 Å². The maximum Gasteiger partial charge on any atom is 0.225 e. The molecule has 0 saturated carbocycles. The van der Waals surface area contributed by atoms with Gasteiger partial charge < -0.3 is 15.5 Å². The van der Waals surface area contributed by atoms with Gasteiger partial charge in [-0.25, -0.2) is 0 Å². The van der Waals surface area contributed by atoms with E-state index in [1.807, 2.05) is 24.8 Å². The summed E-state index contributed by atoms with van der Waals surface area (Å²) in [5.41, 5.74) is 1.19. The van der Waals surface area contributed by atoms with E-state index in [-0.39, 0.29) is 47.3 Å². The molecule has 1 amide bonds. The van der Waals surface area contributed by atoms with E-state index in [0.717, 1.165) is 36.5 Å². The van der Waals surface area contributed by atoms with Crippen LogP contribution >= 0.6 is 39.9 Å². The summed E-state index contributed by atoms with van der Waals surface area (Å²) in [5, 5.41) is 6.85. The zero-order valence-electron chi connectivity index (χ0n) is 17.6. The van der Waals surface area contributed by atoms with E-state index in [4.69, 9.17) is 4.99 Å². The van der Waals surface area contributed by atoms with Crippen molar-refractivity contribution in [2.45, 2.75) is 52.5 Å². The lowest BCUT2D eigenvalue weighted by Crippen LogP contribution is -2.45. The lowest BCUT2D eigenvalue weighted by Gasteiger charge is -2.25. The van der Waals surface area contributed by atoms with E-state index in [2.05, 4.69) is 65.5 Å². The number of benzene rings is 1. The molecule has 0 radical (unpaired) electrons. The first-order chi connectivity index (χ1) is 12.7. The van der Waals surface area contributed by atoms with Crippen molar-refractivity contribution in [1.82, 2.24) is 15.5 Å². The van der Waals surface area contributed by atoms with Gasteiger partial charge >= 0.3 is 0 Å². The fourth-order valence-corrected chi connectivity index (χ4v) is 3.63. The molecule has 7 heteroatoms. The SMILES string of the molecule is CCNC(=NCC(C)(C)c1cccc(Br)c1)NC1CCN(C(=O)C(C)C)C1.I. The second kappa shape index (κ2) is 11.4. The van der Waals surface area contributed by atoms with Crippen LogP contribution in [0.4, 0.5) is 0 Å². The second-order valence-electron chi connectivity index (χ2n) is 8.16. The fourth-order valence-electron chi connectivity index (χ4n) is 3.23. The van der Waals surface area contributed by atoms with Crippen LogP contribution in [-0.2, 0) is 10.2 Å². The van der Waals surface area contributed by atoms with E-state index in [1.165, 1.54) is 5.56 Å². The fraction of sp³-hybridized carbons (Fsp3) is 0.619. The summed E-state index contributed by atoms with van der Waals surface area (Å²) in [4.78, 5) is 19.0. The van der Waals surface area contributed by atoms with Crippen molar-refractivity contribution >= 4 is 51.8 Å². The average molecular weight is 565 g/mol. The first-order valence-electron chi connectivity index (χ1n) is 9.82. The van der Waals surface area contributed by atoms with Crippen molar-refractivity contribution in [1.29, 1.82) is 0 Å². The molecular weight excluding hydrogens is 531 g/mol. The van der Waals surface area contributed by atoms with Crippen LogP contribution in [0.15, 0.2) is 33.7 Å². The first kappa shape index (κ1) is 25.2. The molecule has 0 aromatic heterocycles.